The number of carbonyl (C=O) groups is 1. The molecule has 3 aromatic rings. The molecule has 0 aliphatic carbocycles. The molecule has 0 spiro atoms. The number of nitrogens with zero attached hydrogens (tertiary/aromatic N) is 2. The van der Waals surface area contributed by atoms with Gasteiger partial charge < -0.3 is 4.90 Å². The van der Waals surface area contributed by atoms with Crippen molar-refractivity contribution >= 4 is 27.3 Å². The summed E-state index contributed by atoms with van der Waals surface area (Å²) in [7, 11) is -3.91. The highest BCUT2D eigenvalue weighted by molar-refractivity contribution is 7.92. The van der Waals surface area contributed by atoms with Gasteiger partial charge in [0.1, 0.15) is 6.54 Å². The summed E-state index contributed by atoms with van der Waals surface area (Å²) in [6, 6.07) is 23.4. The van der Waals surface area contributed by atoms with Crippen LogP contribution in [0.3, 0.4) is 0 Å². The highest BCUT2D eigenvalue weighted by Gasteiger charge is 2.34. The molecule has 1 amide bonds. The fourth-order valence-corrected chi connectivity index (χ4v) is 5.51. The normalized spacial score (nSPS) is 15.5. The molecule has 3 aromatic carbocycles. The van der Waals surface area contributed by atoms with Gasteiger partial charge in [-0.3, -0.25) is 9.10 Å². The van der Waals surface area contributed by atoms with Crippen molar-refractivity contribution in [3.8, 4) is 0 Å². The number of hydrogen-bond donors (Lipinski definition) is 0. The second-order valence-corrected chi connectivity index (χ2v) is 9.65. The van der Waals surface area contributed by atoms with Gasteiger partial charge in [0.05, 0.1) is 10.6 Å². The van der Waals surface area contributed by atoms with Gasteiger partial charge in [-0.15, -0.1) is 0 Å². The predicted molar refractivity (Wildman–Crippen MR) is 124 cm³/mol. The van der Waals surface area contributed by atoms with E-state index < -0.39 is 10.0 Å². The Kier molecular flexibility index (Phi) is 5.83. The lowest BCUT2D eigenvalue weighted by Gasteiger charge is -2.29. The molecule has 1 heterocycles. The van der Waals surface area contributed by atoms with E-state index in [-0.39, 0.29) is 23.4 Å². The molecule has 0 unspecified atom stereocenters. The maximum atomic E-state index is 13.5. The van der Waals surface area contributed by atoms with Crippen LogP contribution in [0.5, 0.6) is 0 Å². The van der Waals surface area contributed by atoms with Gasteiger partial charge >= 0.3 is 0 Å². The van der Waals surface area contributed by atoms with Crippen LogP contribution in [0.4, 0.5) is 11.4 Å². The third kappa shape index (κ3) is 4.08. The summed E-state index contributed by atoms with van der Waals surface area (Å²) in [6.45, 7) is 3.77. The van der Waals surface area contributed by atoms with E-state index in [2.05, 4.69) is 0 Å². The van der Waals surface area contributed by atoms with E-state index in [0.29, 0.717) is 5.69 Å². The first kappa shape index (κ1) is 21.1. The van der Waals surface area contributed by atoms with Crippen LogP contribution in [0, 0.1) is 0 Å². The van der Waals surface area contributed by atoms with Gasteiger partial charge in [0, 0.05) is 11.7 Å². The summed E-state index contributed by atoms with van der Waals surface area (Å²) in [5.41, 5.74) is 3.55. The minimum absolute atomic E-state index is 0.0198. The molecule has 0 saturated carbocycles. The van der Waals surface area contributed by atoms with Crippen LogP contribution in [-0.4, -0.2) is 26.9 Å². The number of anilines is 2. The number of rotatable bonds is 6. The van der Waals surface area contributed by atoms with Crippen molar-refractivity contribution in [1.82, 2.24) is 0 Å². The van der Waals surface area contributed by atoms with E-state index in [4.69, 9.17) is 0 Å². The third-order valence-electron chi connectivity index (χ3n) is 5.72. The van der Waals surface area contributed by atoms with Crippen molar-refractivity contribution in [2.24, 2.45) is 0 Å². The molecule has 5 nitrogen and oxygen atoms in total. The molecular formula is C25H26N2O3S. The average Bonchev–Trinajstić information content (AvgIpc) is 3.13. The van der Waals surface area contributed by atoms with E-state index in [1.807, 2.05) is 50.2 Å². The Morgan fingerprint density at radius 1 is 0.968 bits per heavy atom. The van der Waals surface area contributed by atoms with Crippen molar-refractivity contribution in [1.29, 1.82) is 0 Å². The van der Waals surface area contributed by atoms with Gasteiger partial charge in [-0.1, -0.05) is 55.5 Å². The van der Waals surface area contributed by atoms with Crippen LogP contribution in [0.25, 0.3) is 0 Å². The number of amides is 1. The summed E-state index contributed by atoms with van der Waals surface area (Å²) in [4.78, 5) is 15.3. The second kappa shape index (κ2) is 8.55. The maximum Gasteiger partial charge on any atom is 0.264 e. The number of carbonyl (C=O) groups excluding carboxylic acids is 1. The molecule has 6 heteroatoms. The lowest BCUT2D eigenvalue weighted by atomic mass is 10.1. The molecule has 31 heavy (non-hydrogen) atoms. The van der Waals surface area contributed by atoms with Crippen LogP contribution in [-0.2, 0) is 27.7 Å². The zero-order valence-electron chi connectivity index (χ0n) is 17.7. The van der Waals surface area contributed by atoms with Gasteiger partial charge in [0.15, 0.2) is 0 Å². The van der Waals surface area contributed by atoms with Crippen molar-refractivity contribution in [3.05, 3.63) is 90.0 Å². The number of sulfonamides is 1. The zero-order valence-corrected chi connectivity index (χ0v) is 18.5. The van der Waals surface area contributed by atoms with E-state index >= 15 is 0 Å². The summed E-state index contributed by atoms with van der Waals surface area (Å²) in [5, 5.41) is 0. The van der Waals surface area contributed by atoms with Crippen LogP contribution in [0.2, 0.25) is 0 Å². The van der Waals surface area contributed by atoms with E-state index in [9.17, 15) is 13.2 Å². The largest absolute Gasteiger partial charge is 0.307 e. The Hall–Kier alpha value is -3.12. The van der Waals surface area contributed by atoms with Gasteiger partial charge in [-0.25, -0.2) is 8.42 Å². The molecule has 4 rings (SSSR count). The van der Waals surface area contributed by atoms with Crippen LogP contribution < -0.4 is 9.21 Å². The van der Waals surface area contributed by atoms with E-state index in [0.717, 1.165) is 29.7 Å². The molecule has 1 atom stereocenters. The average molecular weight is 435 g/mol. The number of fused-ring (bicyclic) bond motifs is 1. The van der Waals surface area contributed by atoms with Crippen molar-refractivity contribution in [2.45, 2.75) is 37.6 Å². The summed E-state index contributed by atoms with van der Waals surface area (Å²) < 4.78 is 28.3. The van der Waals surface area contributed by atoms with E-state index in [1.165, 1.54) is 4.31 Å². The topological polar surface area (TPSA) is 57.7 Å². The fraction of sp³-hybridized carbons (Fsp3) is 0.240. The summed E-state index contributed by atoms with van der Waals surface area (Å²) in [5.74, 6) is -0.239. The molecule has 0 bridgehead atoms. The van der Waals surface area contributed by atoms with Gasteiger partial charge in [0.25, 0.3) is 10.0 Å². The number of hydrogen-bond acceptors (Lipinski definition) is 3. The summed E-state index contributed by atoms with van der Waals surface area (Å²) in [6.07, 6.45) is 1.62. The van der Waals surface area contributed by atoms with Gasteiger partial charge in [-0.2, -0.15) is 0 Å². The Balaban J connectivity index is 1.72. The molecule has 1 aliphatic rings. The highest BCUT2D eigenvalue weighted by Crippen LogP contribution is 2.33. The quantitative estimate of drug-likeness (QED) is 0.577. The monoisotopic (exact) mass is 434 g/mol. The lowest BCUT2D eigenvalue weighted by molar-refractivity contribution is -0.117. The lowest BCUT2D eigenvalue weighted by Crippen LogP contribution is -2.45. The SMILES string of the molecule is CCc1ccc(N(CC(=O)N2c3ccccc3C[C@@H]2C)S(=O)(=O)c2ccccc2)cc1. The minimum atomic E-state index is -3.91. The second-order valence-electron chi connectivity index (χ2n) is 7.79. The first-order valence-corrected chi connectivity index (χ1v) is 11.9. The van der Waals surface area contributed by atoms with Crippen LogP contribution in [0.15, 0.2) is 83.8 Å². The maximum absolute atomic E-state index is 13.5. The summed E-state index contributed by atoms with van der Waals surface area (Å²) >= 11 is 0. The fourth-order valence-electron chi connectivity index (χ4n) is 4.08. The van der Waals surface area contributed by atoms with Crippen LogP contribution in [0.1, 0.15) is 25.0 Å². The number of benzene rings is 3. The molecule has 0 radical (unpaired) electrons. The molecule has 160 valence electrons. The first-order valence-electron chi connectivity index (χ1n) is 10.5. The van der Waals surface area contributed by atoms with E-state index in [1.54, 1.807) is 47.4 Å². The van der Waals surface area contributed by atoms with Gasteiger partial charge in [0.2, 0.25) is 5.91 Å². The number of aryl methyl sites for hydroxylation is 1. The Morgan fingerprint density at radius 2 is 1.61 bits per heavy atom. The van der Waals surface area contributed by atoms with Crippen molar-refractivity contribution < 1.29 is 13.2 Å². The molecule has 0 fully saturated rings. The Bertz CT molecular complexity index is 1170. The predicted octanol–water partition coefficient (Wildman–Crippen LogP) is 4.42. The highest BCUT2D eigenvalue weighted by atomic mass is 32.2. The van der Waals surface area contributed by atoms with Crippen molar-refractivity contribution in [2.75, 3.05) is 15.7 Å². The Labute approximate surface area is 184 Å². The molecular weight excluding hydrogens is 408 g/mol. The Morgan fingerprint density at radius 3 is 2.29 bits per heavy atom. The minimum Gasteiger partial charge on any atom is -0.307 e. The first-order chi connectivity index (χ1) is 14.9. The van der Waals surface area contributed by atoms with Crippen LogP contribution >= 0.6 is 0 Å². The standard InChI is InChI=1S/C25H26N2O3S/c1-3-20-13-15-22(16-14-20)26(31(29,30)23-10-5-4-6-11-23)18-25(28)27-19(2)17-21-9-7-8-12-24(21)27/h4-16,19H,3,17-18H2,1-2H3/t19-/m0/s1. The zero-order chi connectivity index (χ0) is 22.0. The smallest absolute Gasteiger partial charge is 0.264 e. The van der Waals surface area contributed by atoms with Crippen molar-refractivity contribution in [3.63, 3.8) is 0 Å². The molecule has 0 aromatic heterocycles. The van der Waals surface area contributed by atoms with Gasteiger partial charge in [-0.05, 0) is 61.2 Å². The molecule has 0 N–H and O–H groups in total. The molecule has 1 aliphatic heterocycles. The molecule has 0 saturated heterocycles. The number of para-hydroxylation sites is 1. The third-order valence-corrected chi connectivity index (χ3v) is 7.51.